The van der Waals surface area contributed by atoms with Crippen LogP contribution in [0.2, 0.25) is 0 Å². The van der Waals surface area contributed by atoms with E-state index in [-0.39, 0.29) is 11.8 Å². The Morgan fingerprint density at radius 3 is 2.70 bits per heavy atom. The van der Waals surface area contributed by atoms with Crippen LogP contribution < -0.4 is 0 Å². The Bertz CT molecular complexity index is 994. The highest BCUT2D eigenvalue weighted by molar-refractivity contribution is 5.72. The Balaban J connectivity index is 1.46. The summed E-state index contributed by atoms with van der Waals surface area (Å²) in [7, 11) is 0. The van der Waals surface area contributed by atoms with Crippen LogP contribution in [0.15, 0.2) is 42.6 Å². The molecule has 1 aliphatic rings. The molecule has 0 aliphatic carbocycles. The predicted molar refractivity (Wildman–Crippen MR) is 113 cm³/mol. The van der Waals surface area contributed by atoms with Crippen LogP contribution in [-0.2, 0) is 22.5 Å². The van der Waals surface area contributed by atoms with Crippen molar-refractivity contribution in [3.8, 4) is 0 Å². The number of halogens is 1. The van der Waals surface area contributed by atoms with Gasteiger partial charge in [-0.1, -0.05) is 12.1 Å². The molecule has 0 radical (unpaired) electrons. The van der Waals surface area contributed by atoms with Gasteiger partial charge in [-0.3, -0.25) is 9.69 Å². The molecule has 1 fully saturated rings. The van der Waals surface area contributed by atoms with Crippen LogP contribution in [0.4, 0.5) is 4.39 Å². The van der Waals surface area contributed by atoms with Gasteiger partial charge in [0.1, 0.15) is 17.2 Å². The lowest BCUT2D eigenvalue weighted by Gasteiger charge is -2.31. The molecule has 3 aromatic rings. The molecule has 1 aromatic carbocycles. The molecule has 4 rings (SSSR count). The van der Waals surface area contributed by atoms with Gasteiger partial charge in [-0.2, -0.15) is 0 Å². The summed E-state index contributed by atoms with van der Waals surface area (Å²) in [6.45, 7) is 5.02. The van der Waals surface area contributed by atoms with Crippen molar-refractivity contribution in [1.82, 2.24) is 19.4 Å². The molecule has 0 atom stereocenters. The molecule has 1 saturated heterocycles. The van der Waals surface area contributed by atoms with Gasteiger partial charge >= 0.3 is 5.97 Å². The van der Waals surface area contributed by atoms with Crippen LogP contribution in [0, 0.1) is 11.7 Å². The molecule has 0 bridgehead atoms. The number of likely N-dealkylation sites (tertiary alicyclic amines) is 1. The Hall–Kier alpha value is -2.80. The van der Waals surface area contributed by atoms with Crippen molar-refractivity contribution >= 4 is 17.1 Å². The van der Waals surface area contributed by atoms with E-state index in [4.69, 9.17) is 9.72 Å². The quantitative estimate of drug-likeness (QED) is 0.559. The van der Waals surface area contributed by atoms with Gasteiger partial charge in [0, 0.05) is 12.6 Å². The first kappa shape index (κ1) is 20.5. The van der Waals surface area contributed by atoms with E-state index in [1.165, 1.54) is 12.1 Å². The van der Waals surface area contributed by atoms with Crippen molar-refractivity contribution in [2.45, 2.75) is 32.7 Å². The molecule has 3 heterocycles. The molecule has 0 spiro atoms. The largest absolute Gasteiger partial charge is 0.465 e. The van der Waals surface area contributed by atoms with E-state index >= 15 is 0 Å². The average Bonchev–Trinajstić information content (AvgIpc) is 3.08. The second-order valence-electron chi connectivity index (χ2n) is 7.82. The van der Waals surface area contributed by atoms with Gasteiger partial charge in [0.05, 0.1) is 19.7 Å². The highest BCUT2D eigenvalue weighted by Crippen LogP contribution is 2.24. The van der Waals surface area contributed by atoms with Crippen LogP contribution in [-0.4, -0.2) is 51.6 Å². The molecular weight excluding hydrogens is 383 g/mol. The Morgan fingerprint density at radius 1 is 1.20 bits per heavy atom. The minimum absolute atomic E-state index is 0.150. The fraction of sp³-hybridized carbons (Fsp3) is 0.435. The highest BCUT2D eigenvalue weighted by atomic mass is 19.1. The van der Waals surface area contributed by atoms with Gasteiger partial charge in [0.2, 0.25) is 0 Å². The number of benzene rings is 1. The Kier molecular flexibility index (Phi) is 6.38. The van der Waals surface area contributed by atoms with E-state index in [2.05, 4.69) is 14.5 Å². The molecule has 1 aliphatic heterocycles. The number of nitrogens with zero attached hydrogens (tertiary/aromatic N) is 4. The maximum absolute atomic E-state index is 13.3. The summed E-state index contributed by atoms with van der Waals surface area (Å²) < 4.78 is 20.5. The maximum atomic E-state index is 13.3. The number of pyridine rings is 1. The summed E-state index contributed by atoms with van der Waals surface area (Å²) >= 11 is 0. The molecule has 158 valence electrons. The minimum atomic E-state index is -0.234. The maximum Gasteiger partial charge on any atom is 0.320 e. The van der Waals surface area contributed by atoms with Gasteiger partial charge in [0.15, 0.2) is 5.65 Å². The summed E-state index contributed by atoms with van der Waals surface area (Å²) in [5, 5.41) is 0. The standard InChI is InChI=1S/C23H27FN4O2/c1-2-30-22(29)16-27-12-9-17(10-13-27)14-21-26-20-4-3-11-25-23(20)28(21)15-18-5-7-19(24)8-6-18/h3-8,11,17H,2,9-10,12-16H2,1H3. The lowest BCUT2D eigenvalue weighted by atomic mass is 9.93. The van der Waals surface area contributed by atoms with E-state index in [0.29, 0.717) is 25.6 Å². The number of carbonyl (C=O) groups excluding carboxylic acids is 1. The van der Waals surface area contributed by atoms with Crippen LogP contribution in [0.3, 0.4) is 0 Å². The van der Waals surface area contributed by atoms with Crippen LogP contribution in [0.25, 0.3) is 11.2 Å². The van der Waals surface area contributed by atoms with Crippen molar-refractivity contribution in [2.75, 3.05) is 26.2 Å². The molecule has 0 saturated carbocycles. The van der Waals surface area contributed by atoms with Gasteiger partial charge in [-0.15, -0.1) is 0 Å². The fourth-order valence-electron chi connectivity index (χ4n) is 4.10. The molecule has 0 N–H and O–H groups in total. The number of imidazole rings is 1. The minimum Gasteiger partial charge on any atom is -0.465 e. The highest BCUT2D eigenvalue weighted by Gasteiger charge is 2.24. The van der Waals surface area contributed by atoms with Crippen molar-refractivity contribution in [3.05, 3.63) is 59.8 Å². The first-order valence-electron chi connectivity index (χ1n) is 10.5. The normalized spacial score (nSPS) is 15.5. The molecule has 6 nitrogen and oxygen atoms in total. The number of ether oxygens (including phenoxy) is 1. The molecule has 7 heteroatoms. The lowest BCUT2D eigenvalue weighted by molar-refractivity contribution is -0.144. The third-order valence-electron chi connectivity index (χ3n) is 5.67. The molecule has 2 aromatic heterocycles. The number of hydrogen-bond donors (Lipinski definition) is 0. The van der Waals surface area contributed by atoms with E-state index in [1.807, 2.05) is 31.2 Å². The van der Waals surface area contributed by atoms with E-state index in [9.17, 15) is 9.18 Å². The van der Waals surface area contributed by atoms with E-state index < -0.39 is 0 Å². The summed E-state index contributed by atoms with van der Waals surface area (Å²) in [6, 6.07) is 10.5. The predicted octanol–water partition coefficient (Wildman–Crippen LogP) is 3.44. The zero-order chi connectivity index (χ0) is 20.9. The van der Waals surface area contributed by atoms with Gasteiger partial charge < -0.3 is 9.30 Å². The third kappa shape index (κ3) is 4.84. The van der Waals surface area contributed by atoms with E-state index in [1.54, 1.807) is 6.20 Å². The summed E-state index contributed by atoms with van der Waals surface area (Å²) in [5.41, 5.74) is 2.76. The molecular formula is C23H27FN4O2. The molecule has 30 heavy (non-hydrogen) atoms. The van der Waals surface area contributed by atoms with Gasteiger partial charge in [0.25, 0.3) is 0 Å². The number of fused-ring (bicyclic) bond motifs is 1. The topological polar surface area (TPSA) is 60.2 Å². The number of carbonyl (C=O) groups is 1. The first-order valence-corrected chi connectivity index (χ1v) is 10.5. The zero-order valence-corrected chi connectivity index (χ0v) is 17.3. The number of aromatic nitrogens is 3. The monoisotopic (exact) mass is 410 g/mol. The van der Waals surface area contributed by atoms with Crippen LogP contribution in [0.1, 0.15) is 31.2 Å². The molecule has 0 amide bonds. The van der Waals surface area contributed by atoms with Crippen molar-refractivity contribution in [3.63, 3.8) is 0 Å². The summed E-state index contributed by atoms with van der Waals surface area (Å²) in [5.74, 6) is 1.13. The summed E-state index contributed by atoms with van der Waals surface area (Å²) in [4.78, 5) is 23.3. The van der Waals surface area contributed by atoms with Crippen LogP contribution in [0.5, 0.6) is 0 Å². The number of hydrogen-bond acceptors (Lipinski definition) is 5. The Morgan fingerprint density at radius 2 is 1.97 bits per heavy atom. The number of esters is 1. The Labute approximate surface area is 175 Å². The lowest BCUT2D eigenvalue weighted by Crippen LogP contribution is -2.38. The second-order valence-corrected chi connectivity index (χ2v) is 7.82. The SMILES string of the molecule is CCOC(=O)CN1CCC(Cc2nc3cccnc3n2Cc2ccc(F)cc2)CC1. The first-order chi connectivity index (χ1) is 14.6. The van der Waals surface area contributed by atoms with Crippen LogP contribution >= 0.6 is 0 Å². The van der Waals surface area contributed by atoms with Crippen molar-refractivity contribution in [2.24, 2.45) is 5.92 Å². The third-order valence-corrected chi connectivity index (χ3v) is 5.67. The molecule has 0 unspecified atom stereocenters. The average molecular weight is 410 g/mol. The zero-order valence-electron chi connectivity index (χ0n) is 17.3. The second kappa shape index (κ2) is 9.34. The van der Waals surface area contributed by atoms with Crippen molar-refractivity contribution in [1.29, 1.82) is 0 Å². The van der Waals surface area contributed by atoms with Crippen molar-refractivity contribution < 1.29 is 13.9 Å². The van der Waals surface area contributed by atoms with E-state index in [0.717, 1.165) is 54.9 Å². The van der Waals surface area contributed by atoms with Gasteiger partial charge in [-0.05, 0) is 68.6 Å². The number of piperidine rings is 1. The number of rotatable bonds is 7. The van der Waals surface area contributed by atoms with Gasteiger partial charge in [-0.25, -0.2) is 14.4 Å². The smallest absolute Gasteiger partial charge is 0.320 e. The summed E-state index contributed by atoms with van der Waals surface area (Å²) in [6.07, 6.45) is 4.69. The fourth-order valence-corrected chi connectivity index (χ4v) is 4.10.